The molecule has 0 fully saturated rings. The number of methoxy groups -OCH3 is 3. The van der Waals surface area contributed by atoms with Gasteiger partial charge >= 0.3 is 5.97 Å². The zero-order valence-corrected chi connectivity index (χ0v) is 17.1. The van der Waals surface area contributed by atoms with Crippen LogP contribution < -0.4 is 14.2 Å². The third-order valence-electron chi connectivity index (χ3n) is 4.15. The molecule has 0 radical (unpaired) electrons. The van der Waals surface area contributed by atoms with Crippen LogP contribution in [0.15, 0.2) is 47.6 Å². The SMILES string of the molecule is COc1ccc(-n2c(SCCC(=O)O)nnc2-c2ccc(OC)c(OC)c2)cc1. The van der Waals surface area contributed by atoms with E-state index in [1.807, 2.05) is 41.0 Å². The first-order valence-electron chi connectivity index (χ1n) is 8.74. The second kappa shape index (κ2) is 9.33. The molecule has 0 aliphatic rings. The monoisotopic (exact) mass is 415 g/mol. The number of carboxylic acid groups (broad SMARTS) is 1. The average molecular weight is 415 g/mol. The molecule has 0 unspecified atom stereocenters. The maximum atomic E-state index is 10.9. The van der Waals surface area contributed by atoms with Gasteiger partial charge in [0.05, 0.1) is 27.8 Å². The molecule has 9 heteroatoms. The first kappa shape index (κ1) is 20.5. The van der Waals surface area contributed by atoms with Crippen LogP contribution in [0, 0.1) is 0 Å². The third kappa shape index (κ3) is 4.62. The van der Waals surface area contributed by atoms with E-state index in [-0.39, 0.29) is 6.42 Å². The predicted molar refractivity (Wildman–Crippen MR) is 109 cm³/mol. The summed E-state index contributed by atoms with van der Waals surface area (Å²) in [5.74, 6) is 2.06. The normalized spacial score (nSPS) is 10.6. The molecule has 3 rings (SSSR count). The van der Waals surface area contributed by atoms with Crippen LogP contribution >= 0.6 is 11.8 Å². The van der Waals surface area contributed by atoms with Gasteiger partial charge in [-0.3, -0.25) is 9.36 Å². The third-order valence-corrected chi connectivity index (χ3v) is 5.08. The first-order chi connectivity index (χ1) is 14.1. The van der Waals surface area contributed by atoms with Gasteiger partial charge in [-0.05, 0) is 42.5 Å². The number of ether oxygens (including phenoxy) is 3. The van der Waals surface area contributed by atoms with Crippen molar-refractivity contribution in [2.75, 3.05) is 27.1 Å². The van der Waals surface area contributed by atoms with E-state index < -0.39 is 5.97 Å². The molecule has 0 saturated heterocycles. The molecule has 8 nitrogen and oxygen atoms in total. The Hall–Kier alpha value is -3.20. The number of thioether (sulfide) groups is 1. The lowest BCUT2D eigenvalue weighted by Crippen LogP contribution is -2.02. The van der Waals surface area contributed by atoms with E-state index >= 15 is 0 Å². The van der Waals surface area contributed by atoms with Gasteiger partial charge in [0.15, 0.2) is 22.5 Å². The van der Waals surface area contributed by atoms with Crippen LogP contribution in [0.1, 0.15) is 6.42 Å². The Morgan fingerprint density at radius 1 is 1.00 bits per heavy atom. The minimum absolute atomic E-state index is 0.0336. The number of hydrogen-bond donors (Lipinski definition) is 1. The Kier molecular flexibility index (Phi) is 6.61. The fourth-order valence-corrected chi connectivity index (χ4v) is 3.60. The molecule has 0 saturated carbocycles. The van der Waals surface area contributed by atoms with E-state index in [0.717, 1.165) is 17.0 Å². The molecule has 0 aliphatic heterocycles. The molecule has 152 valence electrons. The quantitative estimate of drug-likeness (QED) is 0.530. The summed E-state index contributed by atoms with van der Waals surface area (Å²) in [7, 11) is 4.76. The molecule has 0 spiro atoms. The lowest BCUT2D eigenvalue weighted by Gasteiger charge is -2.13. The van der Waals surface area contributed by atoms with E-state index in [2.05, 4.69) is 10.2 Å². The van der Waals surface area contributed by atoms with Crippen LogP contribution in [0.5, 0.6) is 17.2 Å². The highest BCUT2D eigenvalue weighted by molar-refractivity contribution is 7.99. The summed E-state index contributed by atoms with van der Waals surface area (Å²) in [4.78, 5) is 10.9. The van der Waals surface area contributed by atoms with Crippen molar-refractivity contribution < 1.29 is 24.1 Å². The summed E-state index contributed by atoms with van der Waals surface area (Å²) in [6.45, 7) is 0. The van der Waals surface area contributed by atoms with Crippen LogP contribution in [0.2, 0.25) is 0 Å². The molecule has 1 aromatic heterocycles. The molecule has 2 aromatic carbocycles. The number of benzene rings is 2. The molecule has 1 heterocycles. The Morgan fingerprint density at radius 3 is 2.34 bits per heavy atom. The van der Waals surface area contributed by atoms with Gasteiger partial charge < -0.3 is 19.3 Å². The first-order valence-corrected chi connectivity index (χ1v) is 9.72. The highest BCUT2D eigenvalue weighted by Gasteiger charge is 2.18. The second-order valence-corrected chi connectivity index (χ2v) is 6.96. The van der Waals surface area contributed by atoms with Crippen molar-refractivity contribution in [2.24, 2.45) is 0 Å². The fraction of sp³-hybridized carbons (Fsp3) is 0.250. The zero-order valence-electron chi connectivity index (χ0n) is 16.3. The molecule has 3 aromatic rings. The lowest BCUT2D eigenvalue weighted by molar-refractivity contribution is -0.136. The number of carboxylic acids is 1. The maximum absolute atomic E-state index is 10.9. The second-order valence-electron chi connectivity index (χ2n) is 5.90. The van der Waals surface area contributed by atoms with Crippen molar-refractivity contribution in [1.29, 1.82) is 0 Å². The van der Waals surface area contributed by atoms with Gasteiger partial charge in [-0.1, -0.05) is 11.8 Å². The Labute approximate surface area is 172 Å². The van der Waals surface area contributed by atoms with E-state index in [9.17, 15) is 4.79 Å². The van der Waals surface area contributed by atoms with E-state index in [1.54, 1.807) is 27.4 Å². The minimum Gasteiger partial charge on any atom is -0.497 e. The summed E-state index contributed by atoms with van der Waals surface area (Å²) in [6, 6.07) is 13.0. The lowest BCUT2D eigenvalue weighted by atomic mass is 10.2. The van der Waals surface area contributed by atoms with Gasteiger partial charge in [0.1, 0.15) is 5.75 Å². The molecule has 1 N–H and O–H groups in total. The number of rotatable bonds is 9. The summed E-state index contributed by atoms with van der Waals surface area (Å²) in [5.41, 5.74) is 1.62. The van der Waals surface area contributed by atoms with Crippen LogP contribution in [0.4, 0.5) is 0 Å². The number of nitrogens with zero attached hydrogens (tertiary/aromatic N) is 3. The maximum Gasteiger partial charge on any atom is 0.304 e. The predicted octanol–water partition coefficient (Wildman–Crippen LogP) is 3.53. The molecule has 0 atom stereocenters. The van der Waals surface area contributed by atoms with Crippen molar-refractivity contribution in [2.45, 2.75) is 11.6 Å². The van der Waals surface area contributed by atoms with Gasteiger partial charge in [-0.25, -0.2) is 0 Å². The van der Waals surface area contributed by atoms with E-state index in [4.69, 9.17) is 19.3 Å². The van der Waals surface area contributed by atoms with Crippen molar-refractivity contribution in [3.8, 4) is 34.3 Å². The van der Waals surface area contributed by atoms with Gasteiger partial charge in [0.2, 0.25) is 0 Å². The van der Waals surface area contributed by atoms with Crippen molar-refractivity contribution in [3.63, 3.8) is 0 Å². The van der Waals surface area contributed by atoms with Gasteiger partial charge in [-0.2, -0.15) is 0 Å². The Balaban J connectivity index is 2.06. The zero-order chi connectivity index (χ0) is 20.8. The molecular weight excluding hydrogens is 394 g/mol. The number of carbonyl (C=O) groups is 1. The van der Waals surface area contributed by atoms with Crippen molar-refractivity contribution in [3.05, 3.63) is 42.5 Å². The molecule has 0 bridgehead atoms. The highest BCUT2D eigenvalue weighted by Crippen LogP contribution is 2.34. The number of aromatic nitrogens is 3. The standard InChI is InChI=1S/C20H21N3O5S/c1-26-15-7-5-14(6-8-15)23-19(21-22-20(23)29-11-10-18(24)25)13-4-9-16(27-2)17(12-13)28-3/h4-9,12H,10-11H2,1-3H3,(H,24,25). The molecule has 0 amide bonds. The van der Waals surface area contributed by atoms with Gasteiger partial charge in [0.25, 0.3) is 0 Å². The van der Waals surface area contributed by atoms with Gasteiger partial charge in [0, 0.05) is 17.0 Å². The van der Waals surface area contributed by atoms with Crippen LogP contribution in [0.25, 0.3) is 17.1 Å². The summed E-state index contributed by atoms with van der Waals surface area (Å²) in [5, 5.41) is 18.2. The summed E-state index contributed by atoms with van der Waals surface area (Å²) >= 11 is 1.33. The minimum atomic E-state index is -0.854. The average Bonchev–Trinajstić information content (AvgIpc) is 3.16. The Morgan fingerprint density at radius 2 is 1.72 bits per heavy atom. The van der Waals surface area contributed by atoms with E-state index in [0.29, 0.717) is 28.2 Å². The van der Waals surface area contributed by atoms with Crippen LogP contribution in [-0.4, -0.2) is 52.9 Å². The molecule has 0 aliphatic carbocycles. The topological polar surface area (TPSA) is 95.7 Å². The Bertz CT molecular complexity index is 988. The van der Waals surface area contributed by atoms with Crippen LogP contribution in [-0.2, 0) is 4.79 Å². The summed E-state index contributed by atoms with van der Waals surface area (Å²) in [6.07, 6.45) is 0.0336. The summed E-state index contributed by atoms with van der Waals surface area (Å²) < 4.78 is 17.8. The van der Waals surface area contributed by atoms with Crippen molar-refractivity contribution >= 4 is 17.7 Å². The highest BCUT2D eigenvalue weighted by atomic mass is 32.2. The van der Waals surface area contributed by atoms with E-state index in [1.165, 1.54) is 11.8 Å². The molecule has 29 heavy (non-hydrogen) atoms. The number of hydrogen-bond acceptors (Lipinski definition) is 7. The fourth-order valence-electron chi connectivity index (χ4n) is 2.72. The van der Waals surface area contributed by atoms with Gasteiger partial charge in [-0.15, -0.1) is 10.2 Å². The van der Waals surface area contributed by atoms with Crippen molar-refractivity contribution in [1.82, 2.24) is 14.8 Å². The largest absolute Gasteiger partial charge is 0.497 e. The van der Waals surface area contributed by atoms with Crippen LogP contribution in [0.3, 0.4) is 0 Å². The smallest absolute Gasteiger partial charge is 0.304 e. The molecular formula is C20H21N3O5S. The number of aliphatic carboxylic acids is 1.